The van der Waals surface area contributed by atoms with Gasteiger partial charge >= 0.3 is 6.36 Å². The summed E-state index contributed by atoms with van der Waals surface area (Å²) in [7, 11) is 0. The fourth-order valence-electron chi connectivity index (χ4n) is 3.21. The van der Waals surface area contributed by atoms with Crippen LogP contribution in [0.15, 0.2) is 54.3 Å². The number of anilines is 1. The molecule has 4 rings (SSSR count). The zero-order valence-corrected chi connectivity index (χ0v) is 15.5. The first-order chi connectivity index (χ1) is 14.0. The van der Waals surface area contributed by atoms with Crippen LogP contribution in [-0.2, 0) is 9.47 Å². The number of aromatic nitrogens is 2. The zero-order valence-electron chi connectivity index (χ0n) is 15.5. The third-order valence-electron chi connectivity index (χ3n) is 4.56. The third-order valence-corrected chi connectivity index (χ3v) is 4.56. The number of halogens is 3. The average Bonchev–Trinajstić information content (AvgIpc) is 2.74. The lowest BCUT2D eigenvalue weighted by atomic mass is 10.0. The Balaban J connectivity index is 1.73. The first kappa shape index (κ1) is 19.4. The van der Waals surface area contributed by atoms with Crippen molar-refractivity contribution in [2.75, 3.05) is 31.2 Å². The van der Waals surface area contributed by atoms with Gasteiger partial charge in [-0.05, 0) is 25.0 Å². The normalized spacial score (nSPS) is 17.6. The van der Waals surface area contributed by atoms with E-state index in [9.17, 15) is 13.2 Å². The van der Waals surface area contributed by atoms with Gasteiger partial charge in [0.15, 0.2) is 5.82 Å². The van der Waals surface area contributed by atoms with Gasteiger partial charge in [-0.3, -0.25) is 0 Å². The molecule has 0 spiro atoms. The molecular formula is C21H19F3N3O2. The van der Waals surface area contributed by atoms with Crippen molar-refractivity contribution in [3.8, 4) is 11.3 Å². The summed E-state index contributed by atoms with van der Waals surface area (Å²) in [6.45, 7) is 2.58. The summed E-state index contributed by atoms with van der Waals surface area (Å²) in [6, 6.07) is 11.5. The number of benzene rings is 1. The predicted molar refractivity (Wildman–Crippen MR) is 103 cm³/mol. The lowest BCUT2D eigenvalue weighted by molar-refractivity contribution is -0.303. The van der Waals surface area contributed by atoms with Crippen LogP contribution in [0.5, 0.6) is 0 Å². The average molecular weight is 402 g/mol. The smallest absolute Gasteiger partial charge is 0.406 e. The predicted octanol–water partition coefficient (Wildman–Crippen LogP) is 4.39. The molecule has 1 saturated heterocycles. The van der Waals surface area contributed by atoms with E-state index in [1.54, 1.807) is 6.42 Å². The van der Waals surface area contributed by atoms with E-state index in [1.165, 1.54) is 12.2 Å². The summed E-state index contributed by atoms with van der Waals surface area (Å²) in [5.74, 6) is 0.833. The van der Waals surface area contributed by atoms with E-state index >= 15 is 0 Å². The minimum Gasteiger partial charge on any atom is -0.406 e. The van der Waals surface area contributed by atoms with Crippen LogP contribution in [-0.4, -0.2) is 42.6 Å². The van der Waals surface area contributed by atoms with Crippen molar-refractivity contribution in [3.63, 3.8) is 0 Å². The molecule has 5 nitrogen and oxygen atoms in total. The largest absolute Gasteiger partial charge is 0.573 e. The van der Waals surface area contributed by atoms with E-state index in [4.69, 9.17) is 4.74 Å². The van der Waals surface area contributed by atoms with E-state index in [2.05, 4.69) is 19.6 Å². The molecule has 0 bridgehead atoms. The van der Waals surface area contributed by atoms with Crippen molar-refractivity contribution in [3.05, 3.63) is 66.6 Å². The maximum absolute atomic E-state index is 12.6. The molecule has 29 heavy (non-hydrogen) atoms. The molecule has 2 aromatic rings. The highest BCUT2D eigenvalue weighted by molar-refractivity contribution is 5.74. The fraction of sp³-hybridized carbons (Fsp3) is 0.286. The topological polar surface area (TPSA) is 47.5 Å². The number of hydrogen-bond acceptors (Lipinski definition) is 5. The van der Waals surface area contributed by atoms with Crippen LogP contribution >= 0.6 is 0 Å². The number of rotatable bonds is 4. The lowest BCUT2D eigenvalue weighted by Gasteiger charge is -2.28. The number of nitrogens with zero attached hydrogens (tertiary/aromatic N) is 3. The zero-order chi connectivity index (χ0) is 20.3. The molecule has 2 heterocycles. The molecule has 1 radical (unpaired) electrons. The van der Waals surface area contributed by atoms with Gasteiger partial charge in [-0.2, -0.15) is 0 Å². The minimum absolute atomic E-state index is 0.253. The van der Waals surface area contributed by atoms with Gasteiger partial charge in [0.1, 0.15) is 11.6 Å². The van der Waals surface area contributed by atoms with Crippen LogP contribution in [0, 0.1) is 6.42 Å². The van der Waals surface area contributed by atoms with Gasteiger partial charge in [-0.25, -0.2) is 9.97 Å². The minimum atomic E-state index is -4.74. The van der Waals surface area contributed by atoms with Gasteiger partial charge in [-0.15, -0.1) is 13.2 Å². The summed E-state index contributed by atoms with van der Waals surface area (Å²) in [5.41, 5.74) is 2.11. The summed E-state index contributed by atoms with van der Waals surface area (Å²) >= 11 is 0. The van der Waals surface area contributed by atoms with Gasteiger partial charge in [-0.1, -0.05) is 30.3 Å². The molecule has 1 aliphatic heterocycles. The summed E-state index contributed by atoms with van der Waals surface area (Å²) in [6.07, 6.45) is 0.0566. The molecular weight excluding hydrogens is 383 g/mol. The van der Waals surface area contributed by atoms with Crippen LogP contribution in [0.25, 0.3) is 16.8 Å². The van der Waals surface area contributed by atoms with Crippen molar-refractivity contribution >= 4 is 11.4 Å². The summed E-state index contributed by atoms with van der Waals surface area (Å²) in [4.78, 5) is 11.3. The Morgan fingerprint density at radius 1 is 1.03 bits per heavy atom. The van der Waals surface area contributed by atoms with Crippen molar-refractivity contribution in [2.24, 2.45) is 0 Å². The van der Waals surface area contributed by atoms with E-state index in [0.717, 1.165) is 11.4 Å². The SMILES string of the molecule is FC(F)(F)OC1=CC[CH]C(c2nc(-c3ccccc3)cc(N3CCOCC3)n2)=C1. The molecule has 1 aromatic heterocycles. The van der Waals surface area contributed by atoms with Crippen molar-refractivity contribution in [1.82, 2.24) is 9.97 Å². The maximum Gasteiger partial charge on any atom is 0.573 e. The Kier molecular flexibility index (Phi) is 5.53. The number of ether oxygens (including phenoxy) is 2. The molecule has 1 aliphatic carbocycles. The highest BCUT2D eigenvalue weighted by Crippen LogP contribution is 2.31. The number of hydrogen-bond donors (Lipinski definition) is 0. The standard InChI is InChI=1S/C21H19F3N3O2/c22-21(23,24)29-17-8-4-7-16(13-17)20-25-18(15-5-2-1-3-6-15)14-19(26-20)27-9-11-28-12-10-27/h1-3,5-8,13-14H,4,9-12H2. The van der Waals surface area contributed by atoms with Crippen LogP contribution < -0.4 is 4.90 Å². The maximum atomic E-state index is 12.6. The summed E-state index contributed by atoms with van der Waals surface area (Å²) < 4.78 is 47.3. The van der Waals surface area contributed by atoms with Crippen molar-refractivity contribution in [1.29, 1.82) is 0 Å². The fourth-order valence-corrected chi connectivity index (χ4v) is 3.21. The lowest BCUT2D eigenvalue weighted by Crippen LogP contribution is -2.37. The van der Waals surface area contributed by atoms with Crippen molar-refractivity contribution in [2.45, 2.75) is 12.8 Å². The van der Waals surface area contributed by atoms with E-state index in [-0.39, 0.29) is 5.76 Å². The van der Waals surface area contributed by atoms with E-state index < -0.39 is 6.36 Å². The molecule has 151 valence electrons. The van der Waals surface area contributed by atoms with Crippen molar-refractivity contribution < 1.29 is 22.6 Å². The highest BCUT2D eigenvalue weighted by atomic mass is 19.4. The molecule has 0 saturated carbocycles. The van der Waals surface area contributed by atoms with Gasteiger partial charge in [0.05, 0.1) is 18.9 Å². The van der Waals surface area contributed by atoms with Gasteiger partial charge in [0.2, 0.25) is 0 Å². The summed E-state index contributed by atoms with van der Waals surface area (Å²) in [5, 5.41) is 0. The highest BCUT2D eigenvalue weighted by Gasteiger charge is 2.32. The molecule has 0 atom stereocenters. The molecule has 1 fully saturated rings. The van der Waals surface area contributed by atoms with Gasteiger partial charge in [0.25, 0.3) is 0 Å². The first-order valence-electron chi connectivity index (χ1n) is 9.26. The molecule has 0 unspecified atom stereocenters. The Hall–Kier alpha value is -2.87. The quantitative estimate of drug-likeness (QED) is 0.759. The molecule has 2 aliphatic rings. The molecule has 8 heteroatoms. The number of alkyl halides is 3. The van der Waals surface area contributed by atoms with E-state index in [0.29, 0.717) is 49.8 Å². The van der Waals surface area contributed by atoms with E-state index in [1.807, 2.05) is 36.4 Å². The van der Waals surface area contributed by atoms with Crippen LogP contribution in [0.1, 0.15) is 12.2 Å². The molecule has 0 amide bonds. The first-order valence-corrected chi connectivity index (χ1v) is 9.26. The Labute approximate surface area is 166 Å². The second kappa shape index (κ2) is 8.24. The Bertz CT molecular complexity index is 921. The second-order valence-corrected chi connectivity index (χ2v) is 6.59. The second-order valence-electron chi connectivity index (χ2n) is 6.59. The number of morpholine rings is 1. The Morgan fingerprint density at radius 3 is 2.52 bits per heavy atom. The monoisotopic (exact) mass is 402 g/mol. The van der Waals surface area contributed by atoms with Crippen LogP contribution in [0.2, 0.25) is 0 Å². The number of allylic oxidation sites excluding steroid dienone is 3. The van der Waals surface area contributed by atoms with Gasteiger partial charge < -0.3 is 14.4 Å². The van der Waals surface area contributed by atoms with Crippen LogP contribution in [0.4, 0.5) is 19.0 Å². The molecule has 1 aromatic carbocycles. The van der Waals surface area contributed by atoms with Crippen LogP contribution in [0.3, 0.4) is 0 Å². The molecule has 0 N–H and O–H groups in total. The Morgan fingerprint density at radius 2 is 1.79 bits per heavy atom. The van der Waals surface area contributed by atoms with Gasteiger partial charge in [0, 0.05) is 30.3 Å². The third kappa shape index (κ3) is 4.95.